The Morgan fingerprint density at radius 3 is 1.28 bits per heavy atom. The Balaban J connectivity index is 3.46. The van der Waals surface area contributed by atoms with Gasteiger partial charge < -0.3 is 14.6 Å². The highest BCUT2D eigenvalue weighted by atomic mass is 16.6. The van der Waals surface area contributed by atoms with Crippen molar-refractivity contribution in [3.63, 3.8) is 0 Å². The van der Waals surface area contributed by atoms with E-state index in [0.717, 1.165) is 51.4 Å². The molecule has 0 aliphatic rings. The number of allylic oxidation sites excluding steroid dienone is 12. The molecule has 0 radical (unpaired) electrons. The first kappa shape index (κ1) is 51.8. The number of aliphatic hydroxyl groups is 1. The van der Waals surface area contributed by atoms with Crippen LogP contribution in [0.25, 0.3) is 0 Å². The maximum Gasteiger partial charge on any atom is 0.306 e. The molecule has 1 unspecified atom stereocenters. The second-order valence-corrected chi connectivity index (χ2v) is 15.1. The molecule has 0 aliphatic heterocycles. The van der Waals surface area contributed by atoms with E-state index in [-0.39, 0.29) is 19.2 Å². The van der Waals surface area contributed by atoms with Gasteiger partial charge in [0.1, 0.15) is 6.10 Å². The van der Waals surface area contributed by atoms with Crippen molar-refractivity contribution in [1.82, 2.24) is 0 Å². The lowest BCUT2D eigenvalue weighted by atomic mass is 10.1. The summed E-state index contributed by atoms with van der Waals surface area (Å²) in [5.74, 6) is -0.212. The molecule has 54 heavy (non-hydrogen) atoms. The molecule has 0 aromatic carbocycles. The Morgan fingerprint density at radius 2 is 0.833 bits per heavy atom. The Bertz CT molecular complexity index is 927. The van der Waals surface area contributed by atoms with E-state index in [9.17, 15) is 9.90 Å². The molecule has 0 saturated heterocycles. The molecule has 0 aromatic heterocycles. The smallest absolute Gasteiger partial charge is 0.306 e. The zero-order valence-electron chi connectivity index (χ0n) is 35.7. The third-order valence-electron chi connectivity index (χ3n) is 9.77. The molecule has 1 atom stereocenters. The Kier molecular flexibility index (Phi) is 45.1. The number of carbonyl (C=O) groups is 1. The summed E-state index contributed by atoms with van der Waals surface area (Å²) in [5.41, 5.74) is 0. The van der Waals surface area contributed by atoms with Gasteiger partial charge in [-0.3, -0.25) is 4.79 Å². The lowest BCUT2D eigenvalue weighted by Crippen LogP contribution is -2.27. The van der Waals surface area contributed by atoms with Crippen LogP contribution >= 0.6 is 0 Å². The molecule has 0 rings (SSSR count). The van der Waals surface area contributed by atoms with E-state index in [4.69, 9.17) is 9.47 Å². The third-order valence-corrected chi connectivity index (χ3v) is 9.77. The zero-order valence-corrected chi connectivity index (χ0v) is 35.7. The molecule has 4 nitrogen and oxygen atoms in total. The number of aliphatic hydroxyl groups excluding tert-OH is 1. The SMILES string of the molecule is CC/C=C\C/C=C\C/C=C\C/C=C\C/C=C\CCCCCCCCCCCCOCC(CO)OC(=O)CCCCCCC/C=C\CCCCCCCCC. The predicted octanol–water partition coefficient (Wildman–Crippen LogP) is 15.4. The van der Waals surface area contributed by atoms with Gasteiger partial charge in [-0.15, -0.1) is 0 Å². The minimum atomic E-state index is -0.544. The molecule has 0 bridgehead atoms. The van der Waals surface area contributed by atoms with Gasteiger partial charge >= 0.3 is 5.97 Å². The van der Waals surface area contributed by atoms with Crippen LogP contribution < -0.4 is 0 Å². The summed E-state index contributed by atoms with van der Waals surface area (Å²) in [5, 5.41) is 9.62. The van der Waals surface area contributed by atoms with E-state index in [1.165, 1.54) is 141 Å². The van der Waals surface area contributed by atoms with Crippen molar-refractivity contribution < 1.29 is 19.4 Å². The van der Waals surface area contributed by atoms with Crippen molar-refractivity contribution in [2.45, 2.75) is 219 Å². The number of hydrogen-bond acceptors (Lipinski definition) is 4. The number of ether oxygens (including phenoxy) is 2. The number of rotatable bonds is 42. The van der Waals surface area contributed by atoms with E-state index in [1.807, 2.05) is 0 Å². The molecule has 0 aromatic rings. The first-order valence-corrected chi connectivity index (χ1v) is 23.0. The average molecular weight is 753 g/mol. The van der Waals surface area contributed by atoms with Gasteiger partial charge in [0, 0.05) is 13.0 Å². The van der Waals surface area contributed by atoms with Gasteiger partial charge in [0.2, 0.25) is 0 Å². The third kappa shape index (κ3) is 44.2. The fourth-order valence-corrected chi connectivity index (χ4v) is 6.35. The topological polar surface area (TPSA) is 55.8 Å². The van der Waals surface area contributed by atoms with Crippen LogP contribution in [0.4, 0.5) is 0 Å². The van der Waals surface area contributed by atoms with Gasteiger partial charge in [-0.05, 0) is 83.5 Å². The van der Waals surface area contributed by atoms with Crippen molar-refractivity contribution in [3.8, 4) is 0 Å². The summed E-state index contributed by atoms with van der Waals surface area (Å²) in [6.07, 6.45) is 64.0. The van der Waals surface area contributed by atoms with Crippen LogP contribution in [0.15, 0.2) is 72.9 Å². The van der Waals surface area contributed by atoms with Crippen molar-refractivity contribution in [2.24, 2.45) is 0 Å². The average Bonchev–Trinajstić information content (AvgIpc) is 3.18. The molecule has 0 saturated carbocycles. The molecule has 312 valence electrons. The molecular formula is C50H88O4. The fourth-order valence-electron chi connectivity index (χ4n) is 6.35. The Morgan fingerprint density at radius 1 is 0.463 bits per heavy atom. The van der Waals surface area contributed by atoms with Crippen LogP contribution in [0.1, 0.15) is 213 Å². The summed E-state index contributed by atoms with van der Waals surface area (Å²) >= 11 is 0. The standard InChI is InChI=1S/C50H88O4/c1-3-5-7-9-11-13-15-17-19-21-22-23-24-25-26-27-28-29-30-32-34-36-38-40-42-44-46-53-48-49(47-51)54-50(52)45-43-41-39-37-35-33-31-20-18-16-14-12-10-8-6-4-2/h5,7,11,13,17,19-20,22-23,25-26,31,49,51H,3-4,6,8-10,12,14-16,18,21,24,27-30,32-48H2,1-2H3/b7-5-,13-11-,19-17-,23-22-,26-25-,31-20-. The van der Waals surface area contributed by atoms with Gasteiger partial charge in [0.15, 0.2) is 0 Å². The van der Waals surface area contributed by atoms with Crippen LogP contribution in [0.5, 0.6) is 0 Å². The van der Waals surface area contributed by atoms with E-state index in [1.54, 1.807) is 0 Å². The second-order valence-electron chi connectivity index (χ2n) is 15.1. The van der Waals surface area contributed by atoms with Crippen molar-refractivity contribution in [1.29, 1.82) is 0 Å². The number of unbranched alkanes of at least 4 members (excludes halogenated alkanes) is 22. The summed E-state index contributed by atoms with van der Waals surface area (Å²) in [7, 11) is 0. The molecule has 0 aliphatic carbocycles. The Labute approximate surface area is 336 Å². The van der Waals surface area contributed by atoms with Gasteiger partial charge in [-0.2, -0.15) is 0 Å². The van der Waals surface area contributed by atoms with Gasteiger partial charge in [0.25, 0.3) is 0 Å². The maximum atomic E-state index is 12.2. The van der Waals surface area contributed by atoms with Crippen molar-refractivity contribution in [2.75, 3.05) is 19.8 Å². The van der Waals surface area contributed by atoms with E-state index < -0.39 is 6.10 Å². The second kappa shape index (κ2) is 47.0. The summed E-state index contributed by atoms with van der Waals surface area (Å²) < 4.78 is 11.2. The largest absolute Gasteiger partial charge is 0.457 e. The first-order chi connectivity index (χ1) is 26.7. The highest BCUT2D eigenvalue weighted by molar-refractivity contribution is 5.69. The predicted molar refractivity (Wildman–Crippen MR) is 237 cm³/mol. The Hall–Kier alpha value is -2.17. The van der Waals surface area contributed by atoms with Crippen LogP contribution in [0, 0.1) is 0 Å². The highest BCUT2D eigenvalue weighted by Gasteiger charge is 2.13. The number of hydrogen-bond donors (Lipinski definition) is 1. The monoisotopic (exact) mass is 753 g/mol. The minimum absolute atomic E-state index is 0.179. The van der Waals surface area contributed by atoms with Crippen molar-refractivity contribution >= 4 is 5.97 Å². The van der Waals surface area contributed by atoms with E-state index >= 15 is 0 Å². The number of carbonyl (C=O) groups excluding carboxylic acids is 1. The summed E-state index contributed by atoms with van der Waals surface area (Å²) in [6, 6.07) is 0. The normalized spacial score (nSPS) is 13.0. The molecular weight excluding hydrogens is 665 g/mol. The number of esters is 1. The molecule has 0 fully saturated rings. The maximum absolute atomic E-state index is 12.2. The molecule has 0 heterocycles. The molecule has 4 heteroatoms. The summed E-state index contributed by atoms with van der Waals surface area (Å²) in [6.45, 7) is 5.22. The lowest BCUT2D eigenvalue weighted by Gasteiger charge is -2.15. The van der Waals surface area contributed by atoms with Gasteiger partial charge in [-0.25, -0.2) is 0 Å². The fraction of sp³-hybridized carbons (Fsp3) is 0.740. The molecule has 0 amide bonds. The van der Waals surface area contributed by atoms with Crippen LogP contribution in [-0.2, 0) is 14.3 Å². The quantitative estimate of drug-likeness (QED) is 0.0383. The van der Waals surface area contributed by atoms with Crippen LogP contribution in [0.2, 0.25) is 0 Å². The highest BCUT2D eigenvalue weighted by Crippen LogP contribution is 2.13. The zero-order chi connectivity index (χ0) is 39.1. The molecule has 0 spiro atoms. The van der Waals surface area contributed by atoms with E-state index in [0.29, 0.717) is 13.0 Å². The van der Waals surface area contributed by atoms with Gasteiger partial charge in [-0.1, -0.05) is 196 Å². The first-order valence-electron chi connectivity index (χ1n) is 23.0. The lowest BCUT2D eigenvalue weighted by molar-refractivity contribution is -0.154. The summed E-state index contributed by atoms with van der Waals surface area (Å²) in [4.78, 5) is 12.2. The van der Waals surface area contributed by atoms with Crippen molar-refractivity contribution in [3.05, 3.63) is 72.9 Å². The van der Waals surface area contributed by atoms with Gasteiger partial charge in [0.05, 0.1) is 13.2 Å². The van der Waals surface area contributed by atoms with Crippen LogP contribution in [-0.4, -0.2) is 37.0 Å². The molecule has 1 N–H and O–H groups in total. The van der Waals surface area contributed by atoms with E-state index in [2.05, 4.69) is 86.8 Å². The van der Waals surface area contributed by atoms with Crippen LogP contribution in [0.3, 0.4) is 0 Å². The minimum Gasteiger partial charge on any atom is -0.457 e.